The van der Waals surface area contributed by atoms with Crippen molar-refractivity contribution in [3.05, 3.63) is 53.2 Å². The number of primary amides is 1. The Morgan fingerprint density at radius 1 is 1.15 bits per heavy atom. The van der Waals surface area contributed by atoms with Gasteiger partial charge in [0.1, 0.15) is 17.3 Å². The SMILES string of the molecule is NC(=O)c1oc2c(F)cc(F)cc2c1NC(=O)c1ccc(CN(CCO)C2CCCCC2)o1. The number of aliphatic hydroxyl groups excluding tert-OH is 1. The number of amides is 2. The molecule has 0 aliphatic heterocycles. The number of nitrogens with one attached hydrogen (secondary N) is 1. The van der Waals surface area contributed by atoms with Crippen LogP contribution >= 0.6 is 0 Å². The summed E-state index contributed by atoms with van der Waals surface area (Å²) in [6, 6.07) is 5.01. The van der Waals surface area contributed by atoms with E-state index in [1.54, 1.807) is 6.07 Å². The van der Waals surface area contributed by atoms with E-state index in [0.29, 0.717) is 31.0 Å². The molecule has 8 nitrogen and oxygen atoms in total. The summed E-state index contributed by atoms with van der Waals surface area (Å²) in [5.41, 5.74) is 4.66. The van der Waals surface area contributed by atoms with Crippen LogP contribution in [0.5, 0.6) is 0 Å². The first-order chi connectivity index (χ1) is 15.9. The molecule has 176 valence electrons. The first-order valence-corrected chi connectivity index (χ1v) is 10.8. The van der Waals surface area contributed by atoms with Crippen LogP contribution in [0.15, 0.2) is 33.1 Å². The van der Waals surface area contributed by atoms with Gasteiger partial charge in [-0.2, -0.15) is 0 Å². The monoisotopic (exact) mass is 461 g/mol. The van der Waals surface area contributed by atoms with Gasteiger partial charge in [0.15, 0.2) is 17.2 Å². The number of nitrogens with two attached hydrogens (primary N) is 1. The lowest BCUT2D eigenvalue weighted by Crippen LogP contribution is -2.38. The van der Waals surface area contributed by atoms with Crippen LogP contribution in [-0.4, -0.2) is 41.0 Å². The molecule has 0 spiro atoms. The number of hydrogen-bond acceptors (Lipinski definition) is 6. The molecule has 1 aliphatic rings. The third-order valence-electron chi connectivity index (χ3n) is 5.89. The van der Waals surface area contributed by atoms with Crippen molar-refractivity contribution in [1.82, 2.24) is 4.90 Å². The molecule has 3 aromatic rings. The average Bonchev–Trinajstić information content (AvgIpc) is 3.39. The second-order valence-corrected chi connectivity index (χ2v) is 8.14. The molecule has 2 amide bonds. The van der Waals surface area contributed by atoms with Crippen LogP contribution in [0.25, 0.3) is 11.0 Å². The van der Waals surface area contributed by atoms with Crippen molar-refractivity contribution in [2.75, 3.05) is 18.5 Å². The van der Waals surface area contributed by atoms with Crippen molar-refractivity contribution in [2.45, 2.75) is 44.7 Å². The minimum atomic E-state index is -1.05. The number of furan rings is 2. The Kier molecular flexibility index (Phi) is 6.75. The molecule has 0 radical (unpaired) electrons. The molecule has 1 aromatic carbocycles. The zero-order chi connectivity index (χ0) is 23.5. The molecule has 4 rings (SSSR count). The van der Waals surface area contributed by atoms with Crippen molar-refractivity contribution < 1.29 is 32.3 Å². The Bertz CT molecular complexity index is 1170. The van der Waals surface area contributed by atoms with Crippen molar-refractivity contribution in [1.29, 1.82) is 0 Å². The Labute approximate surface area is 188 Å². The molecule has 33 heavy (non-hydrogen) atoms. The number of carbonyl (C=O) groups is 2. The normalized spacial score (nSPS) is 14.8. The maximum Gasteiger partial charge on any atom is 0.291 e. The van der Waals surface area contributed by atoms with Gasteiger partial charge in [-0.1, -0.05) is 19.3 Å². The van der Waals surface area contributed by atoms with Crippen molar-refractivity contribution in [2.24, 2.45) is 5.73 Å². The Morgan fingerprint density at radius 3 is 2.61 bits per heavy atom. The first kappa shape index (κ1) is 22.9. The second kappa shape index (κ2) is 9.72. The predicted molar refractivity (Wildman–Crippen MR) is 116 cm³/mol. The van der Waals surface area contributed by atoms with E-state index in [4.69, 9.17) is 14.6 Å². The van der Waals surface area contributed by atoms with Gasteiger partial charge < -0.3 is 25.0 Å². The van der Waals surface area contributed by atoms with E-state index < -0.39 is 34.8 Å². The number of carbonyl (C=O) groups excluding carboxylic acids is 2. The largest absolute Gasteiger partial charge is 0.455 e. The summed E-state index contributed by atoms with van der Waals surface area (Å²) in [4.78, 5) is 26.7. The maximum absolute atomic E-state index is 14.1. The fraction of sp³-hybridized carbons (Fsp3) is 0.391. The van der Waals surface area contributed by atoms with Gasteiger partial charge in [0.2, 0.25) is 5.76 Å². The highest BCUT2D eigenvalue weighted by Crippen LogP contribution is 2.33. The van der Waals surface area contributed by atoms with Crippen LogP contribution in [0.1, 0.15) is 59.0 Å². The van der Waals surface area contributed by atoms with Crippen LogP contribution in [0.2, 0.25) is 0 Å². The summed E-state index contributed by atoms with van der Waals surface area (Å²) >= 11 is 0. The van der Waals surface area contributed by atoms with Gasteiger partial charge in [-0.15, -0.1) is 0 Å². The average molecular weight is 461 g/mol. The van der Waals surface area contributed by atoms with Crippen molar-refractivity contribution >= 4 is 28.5 Å². The van der Waals surface area contributed by atoms with Crippen molar-refractivity contribution in [3.8, 4) is 0 Å². The Balaban J connectivity index is 1.55. The quantitative estimate of drug-likeness (QED) is 0.469. The summed E-state index contributed by atoms with van der Waals surface area (Å²) in [6.45, 7) is 0.935. The minimum absolute atomic E-state index is 0.0150. The standard InChI is InChI=1S/C23H25F2N3O5/c24-13-10-16-19(21(22(26)30)33-20(16)17(25)11-13)27-23(31)18-7-6-15(32-18)12-28(8-9-29)14-4-2-1-3-5-14/h6-7,10-11,14,29H,1-5,8-9,12H2,(H2,26,30)(H,27,31). The predicted octanol–water partition coefficient (Wildman–Crippen LogP) is 3.78. The van der Waals surface area contributed by atoms with E-state index in [0.717, 1.165) is 31.7 Å². The van der Waals surface area contributed by atoms with Crippen LogP contribution < -0.4 is 11.1 Å². The van der Waals surface area contributed by atoms with E-state index in [1.807, 2.05) is 0 Å². The molecule has 0 bridgehead atoms. The van der Waals surface area contributed by atoms with E-state index in [9.17, 15) is 23.5 Å². The maximum atomic E-state index is 14.1. The zero-order valence-corrected chi connectivity index (χ0v) is 17.9. The number of hydrogen-bond donors (Lipinski definition) is 3. The molecule has 4 N–H and O–H groups in total. The number of anilines is 1. The number of fused-ring (bicyclic) bond motifs is 1. The zero-order valence-electron chi connectivity index (χ0n) is 17.9. The molecule has 0 unspecified atom stereocenters. The van der Waals surface area contributed by atoms with E-state index >= 15 is 0 Å². The fourth-order valence-corrected chi connectivity index (χ4v) is 4.35. The molecule has 1 fully saturated rings. The van der Waals surface area contributed by atoms with Crippen LogP contribution in [0.3, 0.4) is 0 Å². The summed E-state index contributed by atoms with van der Waals surface area (Å²) in [5.74, 6) is -3.74. The number of benzene rings is 1. The highest BCUT2D eigenvalue weighted by atomic mass is 19.1. The summed E-state index contributed by atoms with van der Waals surface area (Å²) in [6.07, 6.45) is 5.58. The third-order valence-corrected chi connectivity index (χ3v) is 5.89. The lowest BCUT2D eigenvalue weighted by atomic mass is 9.94. The smallest absolute Gasteiger partial charge is 0.291 e. The van der Waals surface area contributed by atoms with Crippen LogP contribution in [0, 0.1) is 11.6 Å². The van der Waals surface area contributed by atoms with Gasteiger partial charge in [0, 0.05) is 18.7 Å². The molecule has 1 aliphatic carbocycles. The molecular formula is C23H25F2N3O5. The minimum Gasteiger partial charge on any atom is -0.455 e. The van der Waals surface area contributed by atoms with Gasteiger partial charge in [-0.05, 0) is 31.0 Å². The summed E-state index contributed by atoms with van der Waals surface area (Å²) in [5, 5.41) is 11.7. The van der Waals surface area contributed by atoms with E-state index in [2.05, 4.69) is 10.2 Å². The lowest BCUT2D eigenvalue weighted by molar-refractivity contribution is 0.0971. The second-order valence-electron chi connectivity index (χ2n) is 8.14. The lowest BCUT2D eigenvalue weighted by Gasteiger charge is -2.33. The van der Waals surface area contributed by atoms with Gasteiger partial charge in [-0.3, -0.25) is 14.5 Å². The molecule has 10 heteroatoms. The van der Waals surface area contributed by atoms with Gasteiger partial charge in [0.05, 0.1) is 18.5 Å². The highest BCUT2D eigenvalue weighted by Gasteiger charge is 2.26. The number of aliphatic hydroxyl groups is 1. The molecule has 2 aromatic heterocycles. The van der Waals surface area contributed by atoms with Gasteiger partial charge in [0.25, 0.3) is 11.8 Å². The molecule has 1 saturated carbocycles. The van der Waals surface area contributed by atoms with Crippen molar-refractivity contribution in [3.63, 3.8) is 0 Å². The van der Waals surface area contributed by atoms with Crippen LogP contribution in [-0.2, 0) is 6.54 Å². The topological polar surface area (TPSA) is 122 Å². The molecule has 2 heterocycles. The van der Waals surface area contributed by atoms with Gasteiger partial charge >= 0.3 is 0 Å². The van der Waals surface area contributed by atoms with E-state index in [-0.39, 0.29) is 23.4 Å². The Hall–Kier alpha value is -3.24. The first-order valence-electron chi connectivity index (χ1n) is 10.8. The molecule has 0 atom stereocenters. The number of halogens is 2. The molecule has 0 saturated heterocycles. The number of nitrogens with zero attached hydrogens (tertiary/aromatic N) is 1. The summed E-state index contributed by atoms with van der Waals surface area (Å²) < 4.78 is 38.6. The highest BCUT2D eigenvalue weighted by molar-refractivity contribution is 6.13. The van der Waals surface area contributed by atoms with Crippen LogP contribution in [0.4, 0.5) is 14.5 Å². The van der Waals surface area contributed by atoms with Gasteiger partial charge in [-0.25, -0.2) is 8.78 Å². The third kappa shape index (κ3) is 4.91. The number of rotatable bonds is 8. The Morgan fingerprint density at radius 2 is 1.91 bits per heavy atom. The molecular weight excluding hydrogens is 436 g/mol. The summed E-state index contributed by atoms with van der Waals surface area (Å²) in [7, 11) is 0. The van der Waals surface area contributed by atoms with E-state index in [1.165, 1.54) is 12.5 Å². The fourth-order valence-electron chi connectivity index (χ4n) is 4.35.